The molecule has 0 N–H and O–H groups in total. The molecule has 0 aromatic carbocycles. The van der Waals surface area contributed by atoms with Gasteiger partial charge >= 0.3 is 0 Å². The SMILES string of the molecule is Cc1cc(C)nc(Sc2nc(Cl)nc(-n3cncn3)n2)n1. The Balaban J connectivity index is 1.95. The summed E-state index contributed by atoms with van der Waals surface area (Å²) in [4.78, 5) is 24.8. The maximum Gasteiger partial charge on any atom is 0.257 e. The van der Waals surface area contributed by atoms with Crippen LogP contribution in [0.5, 0.6) is 0 Å². The van der Waals surface area contributed by atoms with Gasteiger partial charge in [-0.3, -0.25) is 0 Å². The lowest BCUT2D eigenvalue weighted by Gasteiger charge is -2.04. The third-order valence-corrected chi connectivity index (χ3v) is 3.24. The second-order valence-corrected chi connectivity index (χ2v) is 5.33. The number of rotatable bonds is 3. The Morgan fingerprint density at radius 1 is 1.00 bits per heavy atom. The third-order valence-electron chi connectivity index (χ3n) is 2.34. The molecule has 3 heterocycles. The minimum atomic E-state index is 0.0716. The van der Waals surface area contributed by atoms with Gasteiger partial charge in [-0.25, -0.2) is 15.0 Å². The molecule has 0 amide bonds. The van der Waals surface area contributed by atoms with Crippen LogP contribution < -0.4 is 0 Å². The first-order chi connectivity index (χ1) is 10.1. The molecular weight excluding hydrogens is 312 g/mol. The first-order valence-electron chi connectivity index (χ1n) is 5.87. The van der Waals surface area contributed by atoms with E-state index in [1.807, 2.05) is 19.9 Å². The van der Waals surface area contributed by atoms with E-state index in [1.165, 1.54) is 29.1 Å². The topological polar surface area (TPSA) is 95.2 Å². The number of halogens is 1. The number of aryl methyl sites for hydroxylation is 2. The lowest BCUT2D eigenvalue weighted by Crippen LogP contribution is -2.05. The quantitative estimate of drug-likeness (QED) is 0.672. The summed E-state index contributed by atoms with van der Waals surface area (Å²) in [5.41, 5.74) is 1.75. The predicted octanol–water partition coefficient (Wildman–Crippen LogP) is 1.66. The molecule has 0 radical (unpaired) electrons. The van der Waals surface area contributed by atoms with E-state index in [9.17, 15) is 0 Å². The van der Waals surface area contributed by atoms with Crippen LogP contribution in [0.3, 0.4) is 0 Å². The Morgan fingerprint density at radius 2 is 1.71 bits per heavy atom. The summed E-state index contributed by atoms with van der Waals surface area (Å²) >= 11 is 7.13. The Kier molecular flexibility index (Phi) is 3.76. The molecule has 3 aromatic heterocycles. The molecule has 0 aliphatic heterocycles. The fourth-order valence-corrected chi connectivity index (χ4v) is 2.61. The molecule has 0 aliphatic rings. The molecule has 0 fully saturated rings. The summed E-state index contributed by atoms with van der Waals surface area (Å²) in [6.07, 6.45) is 2.87. The maximum atomic E-state index is 5.92. The number of hydrogen-bond donors (Lipinski definition) is 0. The van der Waals surface area contributed by atoms with Gasteiger partial charge in [0.05, 0.1) is 0 Å². The van der Waals surface area contributed by atoms with Gasteiger partial charge in [-0.1, -0.05) is 0 Å². The number of hydrogen-bond acceptors (Lipinski definition) is 8. The molecule has 0 saturated heterocycles. The molecule has 0 bridgehead atoms. The summed E-state index contributed by atoms with van der Waals surface area (Å²) in [6.45, 7) is 3.81. The van der Waals surface area contributed by atoms with Crippen LogP contribution in [0.25, 0.3) is 5.95 Å². The van der Waals surface area contributed by atoms with E-state index in [1.54, 1.807) is 0 Å². The molecule has 0 unspecified atom stereocenters. The molecule has 0 atom stereocenters. The van der Waals surface area contributed by atoms with Crippen molar-refractivity contribution in [3.05, 3.63) is 35.4 Å². The second kappa shape index (κ2) is 5.70. The molecule has 10 heteroatoms. The summed E-state index contributed by atoms with van der Waals surface area (Å²) < 4.78 is 1.40. The van der Waals surface area contributed by atoms with Crippen molar-refractivity contribution in [2.24, 2.45) is 0 Å². The molecule has 3 rings (SSSR count). The van der Waals surface area contributed by atoms with Crippen molar-refractivity contribution in [1.29, 1.82) is 0 Å². The average Bonchev–Trinajstić information content (AvgIpc) is 2.90. The van der Waals surface area contributed by atoms with Crippen molar-refractivity contribution in [3.8, 4) is 5.95 Å². The lowest BCUT2D eigenvalue weighted by atomic mass is 10.4. The molecule has 0 aliphatic carbocycles. The minimum absolute atomic E-state index is 0.0716. The first kappa shape index (κ1) is 13.8. The van der Waals surface area contributed by atoms with Gasteiger partial charge in [0.2, 0.25) is 10.4 Å². The summed E-state index contributed by atoms with van der Waals surface area (Å²) in [5.74, 6) is 0.291. The van der Waals surface area contributed by atoms with E-state index in [0.29, 0.717) is 16.3 Å². The van der Waals surface area contributed by atoms with Crippen LogP contribution in [0.1, 0.15) is 11.4 Å². The predicted molar refractivity (Wildman–Crippen MR) is 75.4 cm³/mol. The van der Waals surface area contributed by atoms with Crippen LogP contribution in [0.4, 0.5) is 0 Å². The molecular formula is C11H9ClN8S. The third kappa shape index (κ3) is 3.31. The van der Waals surface area contributed by atoms with Crippen molar-refractivity contribution < 1.29 is 0 Å². The minimum Gasteiger partial charge on any atom is -0.228 e. The van der Waals surface area contributed by atoms with Crippen LogP contribution in [-0.2, 0) is 0 Å². The van der Waals surface area contributed by atoms with Crippen molar-refractivity contribution in [2.75, 3.05) is 0 Å². The van der Waals surface area contributed by atoms with Crippen LogP contribution in [0, 0.1) is 13.8 Å². The zero-order valence-electron chi connectivity index (χ0n) is 11.1. The van der Waals surface area contributed by atoms with Gasteiger partial charge < -0.3 is 0 Å². The smallest absolute Gasteiger partial charge is 0.228 e. The summed E-state index contributed by atoms with van der Waals surface area (Å²) in [5, 5.41) is 4.98. The van der Waals surface area contributed by atoms with E-state index in [0.717, 1.165) is 11.4 Å². The fourth-order valence-electron chi connectivity index (χ4n) is 1.60. The maximum absolute atomic E-state index is 5.92. The van der Waals surface area contributed by atoms with Gasteiger partial charge in [0.15, 0.2) is 5.16 Å². The van der Waals surface area contributed by atoms with Crippen LogP contribution in [-0.4, -0.2) is 39.7 Å². The zero-order chi connectivity index (χ0) is 14.8. The normalized spacial score (nSPS) is 10.8. The highest BCUT2D eigenvalue weighted by Gasteiger charge is 2.11. The first-order valence-corrected chi connectivity index (χ1v) is 7.06. The Labute approximate surface area is 129 Å². The highest BCUT2D eigenvalue weighted by Crippen LogP contribution is 2.22. The highest BCUT2D eigenvalue weighted by molar-refractivity contribution is 7.99. The molecule has 0 spiro atoms. The fraction of sp³-hybridized carbons (Fsp3) is 0.182. The van der Waals surface area contributed by atoms with Gasteiger partial charge in [-0.05, 0) is 43.3 Å². The molecule has 21 heavy (non-hydrogen) atoms. The molecule has 8 nitrogen and oxygen atoms in total. The molecule has 3 aromatic rings. The van der Waals surface area contributed by atoms with Crippen molar-refractivity contribution in [2.45, 2.75) is 24.2 Å². The Bertz CT molecular complexity index is 756. The van der Waals surface area contributed by atoms with Gasteiger partial charge in [-0.2, -0.15) is 24.7 Å². The van der Waals surface area contributed by atoms with Crippen molar-refractivity contribution in [3.63, 3.8) is 0 Å². The Hall–Kier alpha value is -2.13. The largest absolute Gasteiger partial charge is 0.257 e. The average molecular weight is 321 g/mol. The standard InChI is InChI=1S/C11H9ClN8S/c1-6-3-7(2)16-10(15-6)21-11-18-8(12)17-9(19-11)20-5-13-4-14-20/h3-5H,1-2H3. The van der Waals surface area contributed by atoms with Crippen molar-refractivity contribution >= 4 is 23.4 Å². The molecule has 0 saturated carbocycles. The van der Waals surface area contributed by atoms with E-state index in [4.69, 9.17) is 11.6 Å². The zero-order valence-corrected chi connectivity index (χ0v) is 12.7. The van der Waals surface area contributed by atoms with E-state index in [2.05, 4.69) is 35.0 Å². The van der Waals surface area contributed by atoms with Crippen LogP contribution in [0.2, 0.25) is 5.28 Å². The summed E-state index contributed by atoms with van der Waals surface area (Å²) in [6, 6.07) is 1.89. The van der Waals surface area contributed by atoms with Crippen LogP contribution >= 0.6 is 23.4 Å². The molecule has 106 valence electrons. The number of nitrogens with zero attached hydrogens (tertiary/aromatic N) is 8. The van der Waals surface area contributed by atoms with E-state index in [-0.39, 0.29) is 5.28 Å². The van der Waals surface area contributed by atoms with Crippen LogP contribution in [0.15, 0.2) is 29.0 Å². The number of aromatic nitrogens is 8. The summed E-state index contributed by atoms with van der Waals surface area (Å²) in [7, 11) is 0. The van der Waals surface area contributed by atoms with Gasteiger partial charge in [-0.15, -0.1) is 0 Å². The second-order valence-electron chi connectivity index (χ2n) is 4.06. The van der Waals surface area contributed by atoms with E-state index < -0.39 is 0 Å². The Morgan fingerprint density at radius 3 is 2.38 bits per heavy atom. The highest BCUT2D eigenvalue weighted by atomic mass is 35.5. The monoisotopic (exact) mass is 320 g/mol. The van der Waals surface area contributed by atoms with Gasteiger partial charge in [0, 0.05) is 11.4 Å². The van der Waals surface area contributed by atoms with Crippen molar-refractivity contribution in [1.82, 2.24) is 39.7 Å². The van der Waals surface area contributed by atoms with Gasteiger partial charge in [0.1, 0.15) is 12.7 Å². The van der Waals surface area contributed by atoms with Gasteiger partial charge in [0.25, 0.3) is 5.95 Å². The lowest BCUT2D eigenvalue weighted by molar-refractivity contribution is 0.755. The van der Waals surface area contributed by atoms with E-state index >= 15 is 0 Å².